The highest BCUT2D eigenvalue weighted by Gasteiger charge is 2.25. The topological polar surface area (TPSA) is 96.9 Å². The van der Waals surface area contributed by atoms with Crippen LogP contribution in [0.4, 0.5) is 5.82 Å². The molecule has 32 heavy (non-hydrogen) atoms. The monoisotopic (exact) mass is 428 g/mol. The molecule has 2 aliphatic heterocycles. The molecule has 0 N–H and O–H groups in total. The van der Waals surface area contributed by atoms with E-state index >= 15 is 0 Å². The Hall–Kier alpha value is -3.57. The SMILES string of the molecule is N#Cc1cc2c(nc1N1CCC(Cn3cnc(-c4ccncc4)cc3=O)CC1)CCOC2. The van der Waals surface area contributed by atoms with Crippen LogP contribution in [0.2, 0.25) is 0 Å². The van der Waals surface area contributed by atoms with Crippen LogP contribution in [0.15, 0.2) is 47.8 Å². The third kappa shape index (κ3) is 4.12. The number of nitrogens with zero attached hydrogens (tertiary/aromatic N) is 6. The van der Waals surface area contributed by atoms with Gasteiger partial charge in [0.05, 0.1) is 36.5 Å². The van der Waals surface area contributed by atoms with Crippen LogP contribution in [0.5, 0.6) is 0 Å². The number of hydrogen-bond donors (Lipinski definition) is 0. The fraction of sp³-hybridized carbons (Fsp3) is 0.375. The number of anilines is 1. The molecule has 1 saturated heterocycles. The summed E-state index contributed by atoms with van der Waals surface area (Å²) in [6, 6.07) is 9.51. The molecule has 5 heterocycles. The third-order valence-corrected chi connectivity index (χ3v) is 6.26. The minimum Gasteiger partial charge on any atom is -0.376 e. The third-order valence-electron chi connectivity index (χ3n) is 6.26. The summed E-state index contributed by atoms with van der Waals surface area (Å²) in [7, 11) is 0. The van der Waals surface area contributed by atoms with Crippen molar-refractivity contribution in [3.8, 4) is 17.3 Å². The number of pyridine rings is 2. The molecule has 1 fully saturated rings. The molecule has 162 valence electrons. The first-order chi connectivity index (χ1) is 15.7. The average Bonchev–Trinajstić information content (AvgIpc) is 2.85. The Morgan fingerprint density at radius 3 is 2.75 bits per heavy atom. The quantitative estimate of drug-likeness (QED) is 0.630. The predicted octanol–water partition coefficient (Wildman–Crippen LogP) is 2.56. The molecule has 0 aromatic carbocycles. The van der Waals surface area contributed by atoms with E-state index < -0.39 is 0 Å². The number of nitriles is 1. The summed E-state index contributed by atoms with van der Waals surface area (Å²) in [6.45, 7) is 3.49. The summed E-state index contributed by atoms with van der Waals surface area (Å²) in [6.07, 6.45) is 7.69. The van der Waals surface area contributed by atoms with Crippen molar-refractivity contribution in [1.29, 1.82) is 5.26 Å². The van der Waals surface area contributed by atoms with Gasteiger partial charge in [0.1, 0.15) is 11.9 Å². The summed E-state index contributed by atoms with van der Waals surface area (Å²) in [5.41, 5.74) is 4.18. The molecule has 0 bridgehead atoms. The van der Waals surface area contributed by atoms with Gasteiger partial charge in [-0.15, -0.1) is 0 Å². The Bertz CT molecular complexity index is 1210. The average molecular weight is 428 g/mol. The van der Waals surface area contributed by atoms with Gasteiger partial charge in [-0.3, -0.25) is 14.3 Å². The van der Waals surface area contributed by atoms with Gasteiger partial charge in [0.25, 0.3) is 5.56 Å². The molecule has 5 rings (SSSR count). The first-order valence-electron chi connectivity index (χ1n) is 10.9. The van der Waals surface area contributed by atoms with Crippen LogP contribution in [0, 0.1) is 17.2 Å². The van der Waals surface area contributed by atoms with E-state index in [4.69, 9.17) is 9.72 Å². The molecule has 3 aromatic heterocycles. The van der Waals surface area contributed by atoms with Crippen LogP contribution in [0.1, 0.15) is 29.7 Å². The molecule has 0 atom stereocenters. The van der Waals surface area contributed by atoms with E-state index in [-0.39, 0.29) is 5.56 Å². The van der Waals surface area contributed by atoms with E-state index in [1.165, 1.54) is 0 Å². The molecule has 8 heteroatoms. The van der Waals surface area contributed by atoms with Crippen molar-refractivity contribution in [3.05, 3.63) is 70.2 Å². The molecular weight excluding hydrogens is 404 g/mol. The lowest BCUT2D eigenvalue weighted by Crippen LogP contribution is -2.37. The van der Waals surface area contributed by atoms with Gasteiger partial charge in [0.15, 0.2) is 0 Å². The van der Waals surface area contributed by atoms with Crippen molar-refractivity contribution in [1.82, 2.24) is 19.5 Å². The van der Waals surface area contributed by atoms with Crippen molar-refractivity contribution in [2.75, 3.05) is 24.6 Å². The van der Waals surface area contributed by atoms with Crippen LogP contribution in [0.25, 0.3) is 11.3 Å². The van der Waals surface area contributed by atoms with Gasteiger partial charge in [-0.25, -0.2) is 9.97 Å². The van der Waals surface area contributed by atoms with Crippen LogP contribution >= 0.6 is 0 Å². The summed E-state index contributed by atoms with van der Waals surface area (Å²) < 4.78 is 7.19. The summed E-state index contributed by atoms with van der Waals surface area (Å²) in [5, 5.41) is 9.63. The maximum absolute atomic E-state index is 12.6. The zero-order valence-electron chi connectivity index (χ0n) is 17.8. The van der Waals surface area contributed by atoms with Crippen molar-refractivity contribution in [3.63, 3.8) is 0 Å². The standard InChI is InChI=1S/C24H24N6O2/c25-13-19-11-20-15-32-10-5-21(20)28-24(19)29-8-3-17(4-9-29)14-30-16-27-22(12-23(30)31)18-1-6-26-7-2-18/h1-2,6-7,11-12,16-17H,3-5,8-10,14-15H2. The van der Waals surface area contributed by atoms with E-state index in [9.17, 15) is 10.1 Å². The van der Waals surface area contributed by atoms with Gasteiger partial charge < -0.3 is 9.64 Å². The van der Waals surface area contributed by atoms with E-state index in [0.717, 1.165) is 55.0 Å². The smallest absolute Gasteiger partial charge is 0.253 e. The largest absolute Gasteiger partial charge is 0.376 e. The van der Waals surface area contributed by atoms with Crippen LogP contribution in [-0.4, -0.2) is 39.2 Å². The normalized spacial score (nSPS) is 16.4. The summed E-state index contributed by atoms with van der Waals surface area (Å²) >= 11 is 0. The molecule has 0 amide bonds. The number of fused-ring (bicyclic) bond motifs is 1. The van der Waals surface area contributed by atoms with E-state index in [2.05, 4.69) is 20.9 Å². The summed E-state index contributed by atoms with van der Waals surface area (Å²) in [5.74, 6) is 1.17. The Kier molecular flexibility index (Phi) is 5.65. The number of hydrogen-bond acceptors (Lipinski definition) is 7. The number of ether oxygens (including phenoxy) is 1. The van der Waals surface area contributed by atoms with Gasteiger partial charge in [-0.2, -0.15) is 5.26 Å². The van der Waals surface area contributed by atoms with Crippen LogP contribution in [-0.2, 0) is 24.3 Å². The number of rotatable bonds is 4. The lowest BCUT2D eigenvalue weighted by Gasteiger charge is -2.34. The van der Waals surface area contributed by atoms with Gasteiger partial charge in [0.2, 0.25) is 0 Å². The second-order valence-electron chi connectivity index (χ2n) is 8.31. The van der Waals surface area contributed by atoms with Gasteiger partial charge in [-0.1, -0.05) is 0 Å². The van der Waals surface area contributed by atoms with Gasteiger partial charge in [-0.05, 0) is 37.0 Å². The molecule has 0 aliphatic carbocycles. The molecule has 0 unspecified atom stereocenters. The maximum Gasteiger partial charge on any atom is 0.253 e. The van der Waals surface area contributed by atoms with Crippen molar-refractivity contribution >= 4 is 5.82 Å². The van der Waals surface area contributed by atoms with Crippen LogP contribution < -0.4 is 10.5 Å². The first-order valence-corrected chi connectivity index (χ1v) is 10.9. The number of piperidine rings is 1. The fourth-order valence-electron chi connectivity index (χ4n) is 4.45. The van der Waals surface area contributed by atoms with E-state index in [0.29, 0.717) is 36.9 Å². The predicted molar refractivity (Wildman–Crippen MR) is 119 cm³/mol. The highest BCUT2D eigenvalue weighted by molar-refractivity contribution is 5.57. The maximum atomic E-state index is 12.6. The van der Waals surface area contributed by atoms with Gasteiger partial charge >= 0.3 is 0 Å². The number of aromatic nitrogens is 4. The Balaban J connectivity index is 1.26. The second kappa shape index (κ2) is 8.89. The molecule has 2 aliphatic rings. The molecule has 0 radical (unpaired) electrons. The minimum absolute atomic E-state index is 0.0421. The Morgan fingerprint density at radius 1 is 1.19 bits per heavy atom. The highest BCUT2D eigenvalue weighted by atomic mass is 16.5. The molecular formula is C24H24N6O2. The molecule has 0 saturated carbocycles. The first kappa shape index (κ1) is 20.3. The van der Waals surface area contributed by atoms with Crippen molar-refractivity contribution < 1.29 is 4.74 Å². The molecule has 3 aromatic rings. The lowest BCUT2D eigenvalue weighted by molar-refractivity contribution is 0.109. The van der Waals surface area contributed by atoms with E-state index in [1.54, 1.807) is 29.4 Å². The molecule has 8 nitrogen and oxygen atoms in total. The minimum atomic E-state index is -0.0421. The zero-order chi connectivity index (χ0) is 21.9. The van der Waals surface area contributed by atoms with Crippen LogP contribution in [0.3, 0.4) is 0 Å². The Morgan fingerprint density at radius 2 is 2.00 bits per heavy atom. The molecule has 0 spiro atoms. The summed E-state index contributed by atoms with van der Waals surface area (Å²) in [4.78, 5) is 28.1. The van der Waals surface area contributed by atoms with Gasteiger partial charge in [0, 0.05) is 55.6 Å². The second-order valence-corrected chi connectivity index (χ2v) is 8.31. The fourth-order valence-corrected chi connectivity index (χ4v) is 4.45. The van der Waals surface area contributed by atoms with Crippen molar-refractivity contribution in [2.45, 2.75) is 32.4 Å². The lowest BCUT2D eigenvalue weighted by atomic mass is 9.96. The zero-order valence-corrected chi connectivity index (χ0v) is 17.8. The highest BCUT2D eigenvalue weighted by Crippen LogP contribution is 2.28. The van der Waals surface area contributed by atoms with Crippen molar-refractivity contribution in [2.24, 2.45) is 5.92 Å². The van der Waals surface area contributed by atoms with E-state index in [1.807, 2.05) is 18.2 Å². The Labute approximate surface area is 186 Å².